The van der Waals surface area contributed by atoms with E-state index < -0.39 is 5.97 Å². The molecule has 3 rings (SSSR count). The number of carbonyl (C=O) groups is 2. The maximum Gasteiger partial charge on any atom is 0.337 e. The molecular weight excluding hydrogens is 318 g/mol. The van der Waals surface area contributed by atoms with Gasteiger partial charge in [-0.05, 0) is 36.8 Å². The Bertz CT molecular complexity index is 752. The molecule has 0 atom stereocenters. The zero-order valence-electron chi connectivity index (χ0n) is 14.0. The van der Waals surface area contributed by atoms with Crippen molar-refractivity contribution < 1.29 is 19.4 Å². The third kappa shape index (κ3) is 4.66. The van der Waals surface area contributed by atoms with Crippen molar-refractivity contribution in [1.82, 2.24) is 4.98 Å². The first-order valence-corrected chi connectivity index (χ1v) is 8.56. The number of ketones is 1. The van der Waals surface area contributed by atoms with Gasteiger partial charge in [0.15, 0.2) is 0 Å². The summed E-state index contributed by atoms with van der Waals surface area (Å²) in [6.07, 6.45) is 6.02. The fourth-order valence-corrected chi connectivity index (χ4v) is 3.15. The molecule has 2 aromatic rings. The van der Waals surface area contributed by atoms with Crippen LogP contribution in [0.4, 0.5) is 0 Å². The minimum atomic E-state index is -1.08. The van der Waals surface area contributed by atoms with Gasteiger partial charge in [-0.2, -0.15) is 0 Å². The number of carboxylic acid groups (broad SMARTS) is 1. The third-order valence-corrected chi connectivity index (χ3v) is 4.42. The van der Waals surface area contributed by atoms with Crippen molar-refractivity contribution in [3.05, 3.63) is 59.3 Å². The number of ether oxygens (including phenoxy) is 1. The van der Waals surface area contributed by atoms with Crippen molar-refractivity contribution in [2.75, 3.05) is 0 Å². The fourth-order valence-electron chi connectivity index (χ4n) is 3.15. The highest BCUT2D eigenvalue weighted by molar-refractivity contribution is 5.92. The van der Waals surface area contributed by atoms with Crippen LogP contribution in [0.3, 0.4) is 0 Å². The van der Waals surface area contributed by atoms with Crippen molar-refractivity contribution in [3.8, 4) is 5.88 Å². The minimum absolute atomic E-state index is 0.0354. The molecule has 130 valence electrons. The first kappa shape index (κ1) is 17.1. The van der Waals surface area contributed by atoms with E-state index in [-0.39, 0.29) is 30.3 Å². The van der Waals surface area contributed by atoms with Gasteiger partial charge < -0.3 is 9.84 Å². The number of Topliss-reactive ketones (excluding diaryl/α,β-unsaturated/α-hetero) is 1. The van der Waals surface area contributed by atoms with Gasteiger partial charge in [0.25, 0.3) is 0 Å². The molecule has 25 heavy (non-hydrogen) atoms. The minimum Gasteiger partial charge on any atom is -0.478 e. The first-order valence-electron chi connectivity index (χ1n) is 8.56. The van der Waals surface area contributed by atoms with Gasteiger partial charge in [0.1, 0.15) is 11.9 Å². The van der Waals surface area contributed by atoms with Crippen molar-refractivity contribution in [1.29, 1.82) is 0 Å². The van der Waals surface area contributed by atoms with Crippen LogP contribution in [0.2, 0.25) is 0 Å². The van der Waals surface area contributed by atoms with Crippen molar-refractivity contribution >= 4 is 11.8 Å². The molecule has 1 N–H and O–H groups in total. The van der Waals surface area contributed by atoms with Gasteiger partial charge >= 0.3 is 5.97 Å². The van der Waals surface area contributed by atoms with Gasteiger partial charge in [0, 0.05) is 25.1 Å². The maximum absolute atomic E-state index is 12.4. The lowest BCUT2D eigenvalue weighted by atomic mass is 10.0. The normalized spacial score (nSPS) is 14.4. The Hall–Kier alpha value is -2.69. The second kappa shape index (κ2) is 7.92. The van der Waals surface area contributed by atoms with E-state index in [4.69, 9.17) is 4.74 Å². The van der Waals surface area contributed by atoms with Crippen LogP contribution in [-0.4, -0.2) is 27.9 Å². The summed E-state index contributed by atoms with van der Waals surface area (Å²) in [5, 5.41) is 9.35. The molecule has 0 saturated heterocycles. The molecule has 0 spiro atoms. The molecule has 1 fully saturated rings. The van der Waals surface area contributed by atoms with Gasteiger partial charge in [-0.25, -0.2) is 9.78 Å². The smallest absolute Gasteiger partial charge is 0.337 e. The molecule has 0 unspecified atom stereocenters. The van der Waals surface area contributed by atoms with E-state index in [1.54, 1.807) is 6.07 Å². The van der Waals surface area contributed by atoms with Crippen LogP contribution in [-0.2, 0) is 17.6 Å². The zero-order chi connectivity index (χ0) is 17.6. The summed E-state index contributed by atoms with van der Waals surface area (Å²) in [5.74, 6) is -0.714. The van der Waals surface area contributed by atoms with Crippen LogP contribution < -0.4 is 4.74 Å². The topological polar surface area (TPSA) is 76.5 Å². The Morgan fingerprint density at radius 2 is 1.84 bits per heavy atom. The lowest BCUT2D eigenvalue weighted by molar-refractivity contribution is -0.117. The highest BCUT2D eigenvalue weighted by atomic mass is 16.5. The number of aromatic carboxylic acids is 1. The number of benzene rings is 1. The molecular formula is C20H21NO4. The predicted molar refractivity (Wildman–Crippen MR) is 92.9 cm³/mol. The average molecular weight is 339 g/mol. The predicted octanol–water partition coefficient (Wildman–Crippen LogP) is 3.46. The molecule has 0 aliphatic heterocycles. The molecule has 1 aliphatic rings. The Morgan fingerprint density at radius 1 is 1.12 bits per heavy atom. The van der Waals surface area contributed by atoms with Crippen molar-refractivity contribution in [2.24, 2.45) is 0 Å². The summed E-state index contributed by atoms with van der Waals surface area (Å²) >= 11 is 0. The summed E-state index contributed by atoms with van der Waals surface area (Å²) in [5.41, 5.74) is 1.43. The van der Waals surface area contributed by atoms with Crippen LogP contribution in [0.1, 0.15) is 47.2 Å². The number of pyridine rings is 1. The summed E-state index contributed by atoms with van der Waals surface area (Å²) in [7, 11) is 0. The quantitative estimate of drug-likeness (QED) is 0.836. The van der Waals surface area contributed by atoms with E-state index in [9.17, 15) is 14.7 Å². The second-order valence-corrected chi connectivity index (χ2v) is 6.39. The van der Waals surface area contributed by atoms with Crippen LogP contribution in [0, 0.1) is 0 Å². The summed E-state index contributed by atoms with van der Waals surface area (Å²) in [4.78, 5) is 27.9. The van der Waals surface area contributed by atoms with Crippen molar-refractivity contribution in [3.63, 3.8) is 0 Å². The zero-order valence-corrected chi connectivity index (χ0v) is 14.0. The van der Waals surface area contributed by atoms with Crippen LogP contribution in [0.15, 0.2) is 42.6 Å². The highest BCUT2D eigenvalue weighted by Gasteiger charge is 2.20. The molecule has 1 heterocycles. The Morgan fingerprint density at radius 3 is 2.52 bits per heavy atom. The van der Waals surface area contributed by atoms with E-state index in [1.807, 2.05) is 30.3 Å². The van der Waals surface area contributed by atoms with Gasteiger partial charge in [0.05, 0.1) is 5.56 Å². The number of rotatable bonds is 7. The van der Waals surface area contributed by atoms with Gasteiger partial charge in [-0.15, -0.1) is 0 Å². The van der Waals surface area contributed by atoms with Crippen molar-refractivity contribution in [2.45, 2.75) is 44.6 Å². The highest BCUT2D eigenvalue weighted by Crippen LogP contribution is 2.24. The summed E-state index contributed by atoms with van der Waals surface area (Å²) in [6, 6.07) is 11.0. The maximum atomic E-state index is 12.4. The molecule has 5 nitrogen and oxygen atoms in total. The van der Waals surface area contributed by atoms with Crippen LogP contribution >= 0.6 is 0 Å². The van der Waals surface area contributed by atoms with E-state index in [0.29, 0.717) is 11.4 Å². The summed E-state index contributed by atoms with van der Waals surface area (Å²) in [6.45, 7) is 0. The number of hydrogen-bond donors (Lipinski definition) is 1. The van der Waals surface area contributed by atoms with Crippen LogP contribution in [0.25, 0.3) is 0 Å². The summed E-state index contributed by atoms with van der Waals surface area (Å²) < 4.78 is 5.84. The monoisotopic (exact) mass is 339 g/mol. The lowest BCUT2D eigenvalue weighted by Gasteiger charge is -2.14. The first-order chi connectivity index (χ1) is 12.1. The largest absolute Gasteiger partial charge is 0.478 e. The van der Waals surface area contributed by atoms with E-state index in [1.165, 1.54) is 6.20 Å². The molecule has 1 saturated carbocycles. The molecule has 1 aromatic carbocycles. The van der Waals surface area contributed by atoms with E-state index in [0.717, 1.165) is 31.2 Å². The molecule has 0 radical (unpaired) electrons. The Kier molecular flexibility index (Phi) is 5.43. The van der Waals surface area contributed by atoms with E-state index >= 15 is 0 Å². The van der Waals surface area contributed by atoms with Crippen LogP contribution in [0.5, 0.6) is 5.88 Å². The molecule has 0 amide bonds. The molecule has 0 bridgehead atoms. The SMILES string of the molecule is O=C(Cc1ccccc1)Cc1cc(OC2CCCC2)ncc1C(=O)O. The van der Waals surface area contributed by atoms with E-state index in [2.05, 4.69) is 4.98 Å². The van der Waals surface area contributed by atoms with Gasteiger partial charge in [-0.1, -0.05) is 30.3 Å². The standard InChI is InChI=1S/C20H21NO4/c22-16(10-14-6-2-1-3-7-14)11-15-12-19(21-13-18(15)20(23)24)25-17-8-4-5-9-17/h1-3,6-7,12-13,17H,4-5,8-11H2,(H,23,24). The number of hydrogen-bond acceptors (Lipinski definition) is 4. The second-order valence-electron chi connectivity index (χ2n) is 6.39. The third-order valence-electron chi connectivity index (χ3n) is 4.42. The average Bonchev–Trinajstić information content (AvgIpc) is 3.08. The number of nitrogens with zero attached hydrogens (tertiary/aromatic N) is 1. The molecule has 1 aliphatic carbocycles. The Labute approximate surface area is 146 Å². The number of carbonyl (C=O) groups excluding carboxylic acids is 1. The van der Waals surface area contributed by atoms with Gasteiger partial charge in [-0.3, -0.25) is 4.79 Å². The Balaban J connectivity index is 1.74. The number of aromatic nitrogens is 1. The lowest BCUT2D eigenvalue weighted by Crippen LogP contribution is -2.15. The molecule has 5 heteroatoms. The number of carboxylic acids is 1. The fraction of sp³-hybridized carbons (Fsp3) is 0.350. The molecule has 1 aromatic heterocycles. The van der Waals surface area contributed by atoms with Gasteiger partial charge in [0.2, 0.25) is 5.88 Å².